The molecule has 6 nitrogen and oxygen atoms in total. The van der Waals surface area contributed by atoms with E-state index in [2.05, 4.69) is 4.98 Å². The van der Waals surface area contributed by atoms with Crippen molar-refractivity contribution in [3.63, 3.8) is 0 Å². The van der Waals surface area contributed by atoms with Gasteiger partial charge in [0.2, 0.25) is 0 Å². The first-order valence-corrected chi connectivity index (χ1v) is 7.70. The van der Waals surface area contributed by atoms with E-state index in [0.29, 0.717) is 17.6 Å². The van der Waals surface area contributed by atoms with E-state index < -0.39 is 0 Å². The van der Waals surface area contributed by atoms with Crippen molar-refractivity contribution in [1.29, 1.82) is 0 Å². The molecule has 124 valence electrons. The van der Waals surface area contributed by atoms with Gasteiger partial charge in [0.05, 0.1) is 11.1 Å². The third-order valence-electron chi connectivity index (χ3n) is 4.04. The number of aryl methyl sites for hydroxylation is 1. The van der Waals surface area contributed by atoms with Crippen LogP contribution in [0.25, 0.3) is 22.3 Å². The van der Waals surface area contributed by atoms with Gasteiger partial charge in [-0.15, -0.1) is 0 Å². The van der Waals surface area contributed by atoms with Gasteiger partial charge in [0.25, 0.3) is 5.56 Å². The maximum absolute atomic E-state index is 12.5. The number of aromatic nitrogens is 3. The van der Waals surface area contributed by atoms with Crippen LogP contribution in [0, 0.1) is 0 Å². The zero-order chi connectivity index (χ0) is 17.4. The molecule has 0 bridgehead atoms. The Bertz CT molecular complexity index is 1020. The molecule has 3 aromatic rings. The lowest BCUT2D eigenvalue weighted by Gasteiger charge is -2.16. The predicted octanol–water partition coefficient (Wildman–Crippen LogP) is 1.36. The second-order valence-corrected chi connectivity index (χ2v) is 6.18. The second-order valence-electron chi connectivity index (χ2n) is 6.18. The summed E-state index contributed by atoms with van der Waals surface area (Å²) in [6, 6.07) is 11.7. The van der Waals surface area contributed by atoms with E-state index in [-0.39, 0.29) is 11.2 Å². The average Bonchev–Trinajstić information content (AvgIpc) is 2.58. The van der Waals surface area contributed by atoms with Gasteiger partial charge in [-0.05, 0) is 25.7 Å². The third kappa shape index (κ3) is 2.65. The topological polar surface area (TPSA) is 60.1 Å². The van der Waals surface area contributed by atoms with Crippen LogP contribution in [0.3, 0.4) is 0 Å². The quantitative estimate of drug-likeness (QED) is 0.730. The Balaban J connectivity index is 2.42. The lowest BCUT2D eigenvalue weighted by Crippen LogP contribution is -2.37. The molecule has 24 heavy (non-hydrogen) atoms. The molecule has 0 aliphatic carbocycles. The summed E-state index contributed by atoms with van der Waals surface area (Å²) in [6.45, 7) is 0.652. The molecule has 0 aliphatic rings. The Morgan fingerprint density at radius 3 is 2.33 bits per heavy atom. The van der Waals surface area contributed by atoms with Gasteiger partial charge in [-0.25, -0.2) is 9.78 Å². The molecule has 1 aromatic carbocycles. The van der Waals surface area contributed by atoms with E-state index >= 15 is 0 Å². The molecular formula is C18H20N4O2. The molecular weight excluding hydrogens is 304 g/mol. The fraction of sp³-hybridized carbons (Fsp3) is 0.278. The van der Waals surface area contributed by atoms with Gasteiger partial charge >= 0.3 is 5.69 Å². The summed E-state index contributed by atoms with van der Waals surface area (Å²) < 4.78 is 2.54. The second kappa shape index (κ2) is 6.05. The standard InChI is InChI=1S/C18H20N4O2/c1-20(2)11-13-10-14-16(21(3)18(24)22(4)17(14)23)19-15(13)12-8-6-5-7-9-12/h5-10H,11H2,1-4H3. The number of hydrogen-bond acceptors (Lipinski definition) is 4. The molecule has 2 aromatic heterocycles. The first-order chi connectivity index (χ1) is 11.4. The largest absolute Gasteiger partial charge is 0.332 e. The Labute approximate surface area is 139 Å². The Kier molecular flexibility index (Phi) is 4.07. The molecule has 0 atom stereocenters. The number of pyridine rings is 1. The molecule has 0 radical (unpaired) electrons. The number of rotatable bonds is 3. The van der Waals surface area contributed by atoms with Crippen LogP contribution in [0.2, 0.25) is 0 Å². The van der Waals surface area contributed by atoms with Crippen LogP contribution in [0.5, 0.6) is 0 Å². The van der Waals surface area contributed by atoms with Crippen LogP contribution >= 0.6 is 0 Å². The Morgan fingerprint density at radius 2 is 1.71 bits per heavy atom. The fourth-order valence-corrected chi connectivity index (χ4v) is 2.85. The first-order valence-electron chi connectivity index (χ1n) is 7.70. The van der Waals surface area contributed by atoms with Crippen molar-refractivity contribution in [3.05, 3.63) is 62.8 Å². The molecule has 0 fully saturated rings. The van der Waals surface area contributed by atoms with E-state index in [1.807, 2.05) is 55.4 Å². The summed E-state index contributed by atoms with van der Waals surface area (Å²) >= 11 is 0. The summed E-state index contributed by atoms with van der Waals surface area (Å²) in [4.78, 5) is 31.4. The van der Waals surface area contributed by atoms with Crippen LogP contribution < -0.4 is 11.2 Å². The Hall–Kier alpha value is -2.73. The number of benzene rings is 1. The van der Waals surface area contributed by atoms with Crippen molar-refractivity contribution in [2.75, 3.05) is 14.1 Å². The zero-order valence-corrected chi connectivity index (χ0v) is 14.3. The van der Waals surface area contributed by atoms with Gasteiger partial charge in [0.15, 0.2) is 0 Å². The number of nitrogens with zero attached hydrogens (tertiary/aromatic N) is 4. The summed E-state index contributed by atoms with van der Waals surface area (Å²) in [5, 5.41) is 0.455. The van der Waals surface area contributed by atoms with Crippen LogP contribution in [0.15, 0.2) is 46.0 Å². The highest BCUT2D eigenvalue weighted by Crippen LogP contribution is 2.24. The molecule has 6 heteroatoms. The van der Waals surface area contributed by atoms with Crippen molar-refractivity contribution in [3.8, 4) is 11.3 Å². The van der Waals surface area contributed by atoms with Gasteiger partial charge < -0.3 is 4.90 Å². The summed E-state index contributed by atoms with van der Waals surface area (Å²) in [5.41, 5.74) is 2.42. The Morgan fingerprint density at radius 1 is 1.04 bits per heavy atom. The minimum absolute atomic E-state index is 0.319. The van der Waals surface area contributed by atoms with E-state index in [1.165, 1.54) is 11.6 Å². The molecule has 0 unspecified atom stereocenters. The van der Waals surface area contributed by atoms with Crippen molar-refractivity contribution in [2.45, 2.75) is 6.54 Å². The maximum atomic E-state index is 12.5. The van der Waals surface area contributed by atoms with Crippen LogP contribution in [0.1, 0.15) is 5.56 Å². The highest BCUT2D eigenvalue weighted by atomic mass is 16.2. The van der Waals surface area contributed by atoms with Crippen molar-refractivity contribution >= 4 is 11.0 Å². The van der Waals surface area contributed by atoms with Crippen molar-refractivity contribution < 1.29 is 0 Å². The van der Waals surface area contributed by atoms with Crippen LogP contribution in [-0.4, -0.2) is 33.1 Å². The normalized spacial score (nSPS) is 11.4. The lowest BCUT2D eigenvalue weighted by molar-refractivity contribution is 0.403. The zero-order valence-electron chi connectivity index (χ0n) is 14.3. The number of fused-ring (bicyclic) bond motifs is 1. The lowest BCUT2D eigenvalue weighted by atomic mass is 10.0. The third-order valence-corrected chi connectivity index (χ3v) is 4.04. The molecule has 0 amide bonds. The summed E-state index contributed by atoms with van der Waals surface area (Å²) in [7, 11) is 7.06. The highest BCUT2D eigenvalue weighted by molar-refractivity contribution is 5.80. The van der Waals surface area contributed by atoms with Gasteiger partial charge in [0, 0.05) is 26.2 Å². The predicted molar refractivity (Wildman–Crippen MR) is 95.1 cm³/mol. The molecule has 0 aliphatic heterocycles. The van der Waals surface area contributed by atoms with E-state index in [1.54, 1.807) is 7.05 Å². The van der Waals surface area contributed by atoms with Gasteiger partial charge in [0.1, 0.15) is 5.65 Å². The van der Waals surface area contributed by atoms with E-state index in [0.717, 1.165) is 21.4 Å². The average molecular weight is 324 g/mol. The van der Waals surface area contributed by atoms with Gasteiger partial charge in [-0.2, -0.15) is 0 Å². The summed E-state index contributed by atoms with van der Waals surface area (Å²) in [5.74, 6) is 0. The van der Waals surface area contributed by atoms with Gasteiger partial charge in [-0.3, -0.25) is 13.9 Å². The molecule has 3 rings (SSSR count). The first kappa shape index (κ1) is 16.1. The van der Waals surface area contributed by atoms with Crippen molar-refractivity contribution in [1.82, 2.24) is 19.0 Å². The van der Waals surface area contributed by atoms with Gasteiger partial charge in [-0.1, -0.05) is 30.3 Å². The van der Waals surface area contributed by atoms with E-state index in [4.69, 9.17) is 0 Å². The SMILES string of the molecule is CN(C)Cc1cc2c(=O)n(C)c(=O)n(C)c2nc1-c1ccccc1. The maximum Gasteiger partial charge on any atom is 0.332 e. The summed E-state index contributed by atoms with van der Waals surface area (Å²) in [6.07, 6.45) is 0. The monoisotopic (exact) mass is 324 g/mol. The fourth-order valence-electron chi connectivity index (χ4n) is 2.85. The van der Waals surface area contributed by atoms with Crippen molar-refractivity contribution in [2.24, 2.45) is 14.1 Å². The number of hydrogen-bond donors (Lipinski definition) is 0. The molecule has 2 heterocycles. The molecule has 0 saturated heterocycles. The highest BCUT2D eigenvalue weighted by Gasteiger charge is 2.15. The minimum atomic E-state index is -0.376. The smallest absolute Gasteiger partial charge is 0.305 e. The molecule has 0 N–H and O–H groups in total. The molecule has 0 spiro atoms. The molecule has 0 saturated carbocycles. The van der Waals surface area contributed by atoms with Crippen LogP contribution in [-0.2, 0) is 20.6 Å². The minimum Gasteiger partial charge on any atom is -0.305 e. The van der Waals surface area contributed by atoms with E-state index in [9.17, 15) is 9.59 Å². The van der Waals surface area contributed by atoms with Crippen LogP contribution in [0.4, 0.5) is 0 Å².